The Hall–Kier alpha value is -3.73. The summed E-state index contributed by atoms with van der Waals surface area (Å²) in [6, 6.07) is 17.5. The van der Waals surface area contributed by atoms with Crippen LogP contribution in [0.5, 0.6) is 0 Å². The number of hydrogen-bond donors (Lipinski definition) is 1. The SMILES string of the molecule is Cc1ccc(N2C(=O)C(=O)/C(=C(/O)c3cc(C)ccc3C)C2c2ccccn2)cc1. The molecule has 3 aromatic rings. The summed E-state index contributed by atoms with van der Waals surface area (Å²) in [6.45, 7) is 5.73. The van der Waals surface area contributed by atoms with Crippen LogP contribution in [0.15, 0.2) is 72.4 Å². The van der Waals surface area contributed by atoms with Gasteiger partial charge in [-0.1, -0.05) is 41.5 Å². The van der Waals surface area contributed by atoms with Gasteiger partial charge in [0, 0.05) is 17.4 Å². The predicted octanol–water partition coefficient (Wildman–Crippen LogP) is 4.63. The number of aliphatic hydroxyl groups excluding tert-OH is 1. The van der Waals surface area contributed by atoms with Crippen molar-refractivity contribution >= 4 is 23.1 Å². The van der Waals surface area contributed by atoms with E-state index in [2.05, 4.69) is 4.98 Å². The highest BCUT2D eigenvalue weighted by molar-refractivity contribution is 6.51. The molecule has 0 spiro atoms. The van der Waals surface area contributed by atoms with Gasteiger partial charge in [-0.15, -0.1) is 0 Å². The molecule has 2 aromatic carbocycles. The average Bonchev–Trinajstić information content (AvgIpc) is 3.01. The fourth-order valence-electron chi connectivity index (χ4n) is 3.76. The van der Waals surface area contributed by atoms with Crippen molar-refractivity contribution in [2.45, 2.75) is 26.8 Å². The molecule has 5 heteroatoms. The number of rotatable bonds is 3. The average molecular weight is 398 g/mol. The van der Waals surface area contributed by atoms with Gasteiger partial charge >= 0.3 is 0 Å². The van der Waals surface area contributed by atoms with Crippen LogP contribution in [0, 0.1) is 20.8 Å². The molecule has 4 rings (SSSR count). The quantitative estimate of drug-likeness (QED) is 0.397. The minimum atomic E-state index is -0.811. The Morgan fingerprint density at radius 1 is 0.933 bits per heavy atom. The van der Waals surface area contributed by atoms with Crippen molar-refractivity contribution in [2.24, 2.45) is 0 Å². The summed E-state index contributed by atoms with van der Waals surface area (Å²) in [7, 11) is 0. The maximum Gasteiger partial charge on any atom is 0.300 e. The third kappa shape index (κ3) is 3.28. The lowest BCUT2D eigenvalue weighted by Crippen LogP contribution is -2.29. The lowest BCUT2D eigenvalue weighted by Gasteiger charge is -2.24. The zero-order valence-corrected chi connectivity index (χ0v) is 17.1. The van der Waals surface area contributed by atoms with Gasteiger partial charge < -0.3 is 5.11 Å². The summed E-state index contributed by atoms with van der Waals surface area (Å²) in [6.07, 6.45) is 1.61. The monoisotopic (exact) mass is 398 g/mol. The van der Waals surface area contributed by atoms with Gasteiger partial charge in [0.25, 0.3) is 11.7 Å². The molecule has 30 heavy (non-hydrogen) atoms. The van der Waals surface area contributed by atoms with Crippen LogP contribution in [0.2, 0.25) is 0 Å². The molecule has 0 bridgehead atoms. The van der Waals surface area contributed by atoms with E-state index in [9.17, 15) is 14.7 Å². The van der Waals surface area contributed by atoms with Gasteiger partial charge in [0.2, 0.25) is 0 Å². The van der Waals surface area contributed by atoms with Crippen LogP contribution in [0.1, 0.15) is 34.0 Å². The van der Waals surface area contributed by atoms with Gasteiger partial charge in [-0.05, 0) is 56.7 Å². The minimum Gasteiger partial charge on any atom is -0.507 e. The molecule has 0 aliphatic carbocycles. The third-order valence-corrected chi connectivity index (χ3v) is 5.37. The van der Waals surface area contributed by atoms with Crippen molar-refractivity contribution in [3.8, 4) is 0 Å². The van der Waals surface area contributed by atoms with E-state index in [4.69, 9.17) is 0 Å². The molecule has 0 saturated carbocycles. The van der Waals surface area contributed by atoms with Gasteiger partial charge in [0.05, 0.1) is 11.3 Å². The van der Waals surface area contributed by atoms with Crippen LogP contribution in [0.3, 0.4) is 0 Å². The second kappa shape index (κ2) is 7.59. The van der Waals surface area contributed by atoms with Gasteiger partial charge in [0.15, 0.2) is 0 Å². The van der Waals surface area contributed by atoms with E-state index in [1.54, 1.807) is 36.5 Å². The molecule has 2 heterocycles. The van der Waals surface area contributed by atoms with Crippen molar-refractivity contribution < 1.29 is 14.7 Å². The molecule has 1 fully saturated rings. The Bertz CT molecular complexity index is 1160. The molecule has 1 N–H and O–H groups in total. The zero-order valence-electron chi connectivity index (χ0n) is 17.1. The fourth-order valence-corrected chi connectivity index (χ4v) is 3.76. The second-order valence-electron chi connectivity index (χ2n) is 7.58. The lowest BCUT2D eigenvalue weighted by atomic mass is 9.95. The predicted molar refractivity (Wildman–Crippen MR) is 116 cm³/mol. The number of anilines is 1. The highest BCUT2D eigenvalue weighted by Gasteiger charge is 2.47. The molecule has 0 radical (unpaired) electrons. The van der Waals surface area contributed by atoms with E-state index in [1.165, 1.54) is 4.90 Å². The number of carbonyl (C=O) groups excluding carboxylic acids is 2. The molecule has 1 saturated heterocycles. The first-order valence-electron chi connectivity index (χ1n) is 9.74. The number of aromatic nitrogens is 1. The summed E-state index contributed by atoms with van der Waals surface area (Å²) in [5, 5.41) is 11.2. The third-order valence-electron chi connectivity index (χ3n) is 5.37. The highest BCUT2D eigenvalue weighted by atomic mass is 16.3. The number of amides is 1. The van der Waals surface area contributed by atoms with E-state index in [1.807, 2.05) is 51.1 Å². The van der Waals surface area contributed by atoms with Crippen molar-refractivity contribution in [1.29, 1.82) is 0 Å². The molecule has 1 unspecified atom stereocenters. The number of hydrogen-bond acceptors (Lipinski definition) is 4. The number of nitrogens with zero attached hydrogens (tertiary/aromatic N) is 2. The summed E-state index contributed by atoms with van der Waals surface area (Å²) in [5.74, 6) is -1.58. The maximum atomic E-state index is 13.1. The molecule has 1 amide bonds. The number of aryl methyl sites for hydroxylation is 3. The molecule has 1 aliphatic heterocycles. The van der Waals surface area contributed by atoms with Crippen LogP contribution < -0.4 is 4.90 Å². The molecule has 150 valence electrons. The van der Waals surface area contributed by atoms with E-state index in [0.29, 0.717) is 16.9 Å². The molecular weight excluding hydrogens is 376 g/mol. The lowest BCUT2D eigenvalue weighted by molar-refractivity contribution is -0.132. The first kappa shape index (κ1) is 19.6. The number of carbonyl (C=O) groups is 2. The number of benzene rings is 2. The Labute approximate surface area is 175 Å². The van der Waals surface area contributed by atoms with Crippen LogP contribution >= 0.6 is 0 Å². The Balaban J connectivity index is 1.97. The normalized spacial score (nSPS) is 18.1. The number of aliphatic hydroxyl groups is 1. The van der Waals surface area contributed by atoms with E-state index >= 15 is 0 Å². The van der Waals surface area contributed by atoms with Crippen molar-refractivity contribution in [3.63, 3.8) is 0 Å². The molecular formula is C25H22N2O3. The van der Waals surface area contributed by atoms with E-state index in [0.717, 1.165) is 16.7 Å². The molecule has 1 aromatic heterocycles. The van der Waals surface area contributed by atoms with Crippen molar-refractivity contribution in [1.82, 2.24) is 4.98 Å². The highest BCUT2D eigenvalue weighted by Crippen LogP contribution is 2.41. The van der Waals surface area contributed by atoms with Gasteiger partial charge in [-0.2, -0.15) is 0 Å². The maximum absolute atomic E-state index is 13.1. The van der Waals surface area contributed by atoms with Crippen LogP contribution in [-0.4, -0.2) is 21.8 Å². The fraction of sp³-hybridized carbons (Fsp3) is 0.160. The topological polar surface area (TPSA) is 70.5 Å². The van der Waals surface area contributed by atoms with Gasteiger partial charge in [-0.25, -0.2) is 0 Å². The first-order valence-corrected chi connectivity index (χ1v) is 9.74. The largest absolute Gasteiger partial charge is 0.507 e. The molecule has 1 aliphatic rings. The first-order chi connectivity index (χ1) is 14.4. The number of pyridine rings is 1. The summed E-state index contributed by atoms with van der Waals surface area (Å²) >= 11 is 0. The summed E-state index contributed by atoms with van der Waals surface area (Å²) in [5.41, 5.74) is 4.50. The molecule has 1 atom stereocenters. The van der Waals surface area contributed by atoms with Crippen molar-refractivity contribution in [3.05, 3.63) is 100 Å². The van der Waals surface area contributed by atoms with E-state index in [-0.39, 0.29) is 11.3 Å². The van der Waals surface area contributed by atoms with Crippen LogP contribution in [-0.2, 0) is 9.59 Å². The Kier molecular flexibility index (Phi) is 4.96. The summed E-state index contributed by atoms with van der Waals surface area (Å²) < 4.78 is 0. The summed E-state index contributed by atoms with van der Waals surface area (Å²) in [4.78, 5) is 32.0. The number of ketones is 1. The zero-order chi connectivity index (χ0) is 21.4. The number of Topliss-reactive ketones (excluding diaryl/α,β-unsaturated/α-hetero) is 1. The Morgan fingerprint density at radius 3 is 2.30 bits per heavy atom. The van der Waals surface area contributed by atoms with Crippen molar-refractivity contribution in [2.75, 3.05) is 4.90 Å². The van der Waals surface area contributed by atoms with Gasteiger partial charge in [-0.3, -0.25) is 19.5 Å². The van der Waals surface area contributed by atoms with Crippen LogP contribution in [0.4, 0.5) is 5.69 Å². The van der Waals surface area contributed by atoms with E-state index < -0.39 is 17.7 Å². The standard InChI is InChI=1S/C25H22N2O3/c1-15-8-11-18(12-9-15)27-22(20-6-4-5-13-26-20)21(24(29)25(27)30)23(28)19-14-16(2)7-10-17(19)3/h4-14,22,28H,1-3H3/b23-21+. The van der Waals surface area contributed by atoms with Gasteiger partial charge in [0.1, 0.15) is 11.8 Å². The second-order valence-corrected chi connectivity index (χ2v) is 7.58. The smallest absolute Gasteiger partial charge is 0.300 e. The molecule has 5 nitrogen and oxygen atoms in total. The minimum absolute atomic E-state index is 0.0491. The van der Waals surface area contributed by atoms with Crippen LogP contribution in [0.25, 0.3) is 5.76 Å². The Morgan fingerprint density at radius 2 is 1.63 bits per heavy atom.